The van der Waals surface area contributed by atoms with Crippen LogP contribution >= 0.6 is 23.2 Å². The highest BCUT2D eigenvalue weighted by molar-refractivity contribution is 6.39. The van der Waals surface area contributed by atoms with E-state index in [1.807, 2.05) is 54.6 Å². The van der Waals surface area contributed by atoms with Crippen molar-refractivity contribution in [2.24, 2.45) is 0 Å². The number of benzene rings is 3. The maximum absolute atomic E-state index is 15.8. The Kier molecular flexibility index (Phi) is 11.3. The molecule has 0 saturated carbocycles. The largest absolute Gasteiger partial charge is 0.481 e. The zero-order valence-corrected chi connectivity index (χ0v) is 30.9. The second-order valence-corrected chi connectivity index (χ2v) is 14.4. The molecule has 3 amide bonds. The number of rotatable bonds is 13. The summed E-state index contributed by atoms with van der Waals surface area (Å²) in [6.07, 6.45) is 3.22. The Balaban J connectivity index is 1.07. The van der Waals surface area contributed by atoms with E-state index >= 15 is 4.39 Å². The summed E-state index contributed by atoms with van der Waals surface area (Å²) < 4.78 is 21.4. The molecular weight excluding hydrogens is 718 g/mol. The Morgan fingerprint density at radius 1 is 0.849 bits per heavy atom. The van der Waals surface area contributed by atoms with Crippen molar-refractivity contribution >= 4 is 40.9 Å². The fraction of sp³-hybridized carbons (Fsp3) is 0.350. The van der Waals surface area contributed by atoms with Crippen molar-refractivity contribution < 1.29 is 23.5 Å². The Morgan fingerprint density at radius 2 is 1.49 bits per heavy atom. The third-order valence-corrected chi connectivity index (χ3v) is 11.0. The second-order valence-electron chi connectivity index (χ2n) is 13.7. The van der Waals surface area contributed by atoms with Gasteiger partial charge in [0.25, 0.3) is 5.91 Å². The minimum Gasteiger partial charge on any atom is -0.481 e. The molecule has 7 rings (SSSR count). The van der Waals surface area contributed by atoms with Crippen LogP contribution in [0.4, 0.5) is 4.39 Å². The van der Waals surface area contributed by atoms with E-state index in [0.717, 1.165) is 18.4 Å². The number of amides is 3. The number of carbonyl (C=O) groups excluding carboxylic acids is 3. The number of pyridine rings is 1. The van der Waals surface area contributed by atoms with Crippen molar-refractivity contribution in [1.82, 2.24) is 31.2 Å². The van der Waals surface area contributed by atoms with E-state index in [2.05, 4.69) is 21.3 Å². The van der Waals surface area contributed by atoms with Crippen LogP contribution in [0.5, 0.6) is 5.88 Å². The molecule has 2 fully saturated rings. The van der Waals surface area contributed by atoms with Gasteiger partial charge < -0.3 is 30.9 Å². The molecule has 4 N–H and O–H groups in total. The molecule has 0 bridgehead atoms. The molecular formula is C40H41Cl2FN6O4. The molecule has 0 radical (unpaired) electrons. The average molecular weight is 760 g/mol. The van der Waals surface area contributed by atoms with Crippen LogP contribution in [0.15, 0.2) is 60.7 Å². The Hall–Kier alpha value is -4.55. The Labute approximate surface area is 317 Å². The summed E-state index contributed by atoms with van der Waals surface area (Å²) in [5.74, 6) is -0.298. The Bertz CT molecular complexity index is 2060. The average Bonchev–Trinajstić information content (AvgIpc) is 3.77. The van der Waals surface area contributed by atoms with Gasteiger partial charge in [0, 0.05) is 92.0 Å². The molecule has 3 aromatic carbocycles. The molecule has 2 saturated heterocycles. The van der Waals surface area contributed by atoms with E-state index in [-0.39, 0.29) is 35.4 Å². The summed E-state index contributed by atoms with van der Waals surface area (Å²) in [7, 11) is 1.57. The minimum atomic E-state index is -0.584. The molecule has 2 unspecified atom stereocenters. The first-order valence-corrected chi connectivity index (χ1v) is 18.7. The molecule has 3 aliphatic heterocycles. The quantitative estimate of drug-likeness (QED) is 0.128. The molecule has 13 heteroatoms. The van der Waals surface area contributed by atoms with Gasteiger partial charge in [0.1, 0.15) is 5.82 Å². The normalized spacial score (nSPS) is 18.3. The van der Waals surface area contributed by atoms with E-state index in [9.17, 15) is 14.4 Å². The molecule has 3 aliphatic rings. The lowest BCUT2D eigenvalue weighted by Gasteiger charge is -2.29. The van der Waals surface area contributed by atoms with Gasteiger partial charge in [0.05, 0.1) is 28.4 Å². The third-order valence-electron chi connectivity index (χ3n) is 10.2. The number of hydrogen-bond donors (Lipinski definition) is 4. The number of halogens is 3. The highest BCUT2D eigenvalue weighted by Gasteiger charge is 2.29. The number of nitrogens with one attached hydrogen (secondary N) is 4. The molecule has 1 aromatic heterocycles. The van der Waals surface area contributed by atoms with Crippen LogP contribution in [0.1, 0.15) is 47.2 Å². The summed E-state index contributed by atoms with van der Waals surface area (Å²) in [6, 6.07) is 18.5. The number of methoxy groups -OCH3 is 1. The number of carbonyl (C=O) groups is 3. The molecule has 4 heterocycles. The summed E-state index contributed by atoms with van der Waals surface area (Å²) in [6.45, 7) is 3.29. The SMILES string of the molecule is COc1nc(-c2cccc(-c3cccc(-c4cc(F)c5c(c4)CCN(CCNCC4CCC(=O)N4)C5=O)c3Cl)c2Cl)ccc1CNCC1CCC(=O)N1. The van der Waals surface area contributed by atoms with Crippen molar-refractivity contribution in [3.63, 3.8) is 0 Å². The van der Waals surface area contributed by atoms with Gasteiger partial charge in [-0.1, -0.05) is 71.7 Å². The highest BCUT2D eigenvalue weighted by Crippen LogP contribution is 2.43. The molecule has 0 aliphatic carbocycles. The third kappa shape index (κ3) is 8.03. The Morgan fingerprint density at radius 3 is 2.15 bits per heavy atom. The first-order valence-electron chi connectivity index (χ1n) is 17.9. The van der Waals surface area contributed by atoms with Crippen LogP contribution in [0.2, 0.25) is 10.0 Å². The van der Waals surface area contributed by atoms with Crippen LogP contribution in [0.3, 0.4) is 0 Å². The van der Waals surface area contributed by atoms with E-state index in [0.29, 0.717) is 114 Å². The highest BCUT2D eigenvalue weighted by atomic mass is 35.5. The number of ether oxygens (including phenoxy) is 1. The molecule has 53 heavy (non-hydrogen) atoms. The van der Waals surface area contributed by atoms with Crippen molar-refractivity contribution in [3.05, 3.63) is 93.2 Å². The molecule has 10 nitrogen and oxygen atoms in total. The van der Waals surface area contributed by atoms with Crippen molar-refractivity contribution in [2.75, 3.05) is 39.8 Å². The fourth-order valence-electron chi connectivity index (χ4n) is 7.35. The van der Waals surface area contributed by atoms with Crippen molar-refractivity contribution in [2.45, 2.75) is 50.7 Å². The number of aromatic nitrogens is 1. The maximum Gasteiger partial charge on any atom is 0.257 e. The zero-order chi connectivity index (χ0) is 37.1. The van der Waals surface area contributed by atoms with E-state index in [1.165, 1.54) is 6.07 Å². The minimum absolute atomic E-state index is 0.0654. The topological polar surface area (TPSA) is 125 Å². The van der Waals surface area contributed by atoms with Crippen molar-refractivity contribution in [3.8, 4) is 39.4 Å². The smallest absolute Gasteiger partial charge is 0.257 e. The van der Waals surface area contributed by atoms with E-state index < -0.39 is 5.82 Å². The molecule has 4 aromatic rings. The number of fused-ring (bicyclic) bond motifs is 1. The summed E-state index contributed by atoms with van der Waals surface area (Å²) in [5.41, 5.74) is 5.50. The van der Waals surface area contributed by atoms with Crippen molar-refractivity contribution in [1.29, 1.82) is 0 Å². The van der Waals surface area contributed by atoms with Crippen LogP contribution < -0.4 is 26.0 Å². The predicted molar refractivity (Wildman–Crippen MR) is 204 cm³/mol. The predicted octanol–water partition coefficient (Wildman–Crippen LogP) is 5.77. The lowest BCUT2D eigenvalue weighted by molar-refractivity contribution is -0.120. The summed E-state index contributed by atoms with van der Waals surface area (Å²) in [5, 5.41) is 13.4. The molecule has 0 spiro atoms. The number of nitrogens with zero attached hydrogens (tertiary/aromatic N) is 2. The summed E-state index contributed by atoms with van der Waals surface area (Å²) >= 11 is 14.2. The summed E-state index contributed by atoms with van der Waals surface area (Å²) in [4.78, 5) is 42.8. The van der Waals surface area contributed by atoms with Gasteiger partial charge in [-0.05, 0) is 42.5 Å². The van der Waals surface area contributed by atoms with E-state index in [4.69, 9.17) is 32.9 Å². The fourth-order valence-corrected chi connectivity index (χ4v) is 8.01. The first kappa shape index (κ1) is 36.8. The second kappa shape index (κ2) is 16.2. The maximum atomic E-state index is 15.8. The van der Waals surface area contributed by atoms with Gasteiger partial charge in [0.2, 0.25) is 17.7 Å². The molecule has 2 atom stereocenters. The van der Waals surface area contributed by atoms with Crippen LogP contribution in [0.25, 0.3) is 33.5 Å². The van der Waals surface area contributed by atoms with E-state index in [1.54, 1.807) is 12.0 Å². The zero-order valence-electron chi connectivity index (χ0n) is 29.4. The van der Waals surface area contributed by atoms with Crippen LogP contribution in [-0.2, 0) is 22.6 Å². The first-order chi connectivity index (χ1) is 25.7. The van der Waals surface area contributed by atoms with Crippen LogP contribution in [-0.4, -0.2) is 79.5 Å². The monoisotopic (exact) mass is 758 g/mol. The lowest BCUT2D eigenvalue weighted by Crippen LogP contribution is -2.44. The lowest BCUT2D eigenvalue weighted by atomic mass is 9.92. The molecule has 276 valence electrons. The van der Waals surface area contributed by atoms with Gasteiger partial charge in [-0.15, -0.1) is 0 Å². The number of hydrogen-bond acceptors (Lipinski definition) is 7. The van der Waals surface area contributed by atoms with Gasteiger partial charge in [0.15, 0.2) is 0 Å². The van der Waals surface area contributed by atoms with Gasteiger partial charge in [-0.2, -0.15) is 0 Å². The standard InChI is InChI=1S/C40H41Cl2FN6O4/c1-53-39-24(20-45-22-27-10-13-35(51)47-27)8-11-33(48-39)31-7-3-6-30(38(31)42)29-5-2-4-28(37(29)41)25-18-23-14-16-49(40(52)36(23)32(43)19-25)17-15-44-21-26-9-12-34(50)46-26/h2-8,11,18-19,26-27,44-45H,9-10,12-17,20-22H2,1H3,(H,46,50)(H,47,51). The van der Waals surface area contributed by atoms with Gasteiger partial charge in [-0.3, -0.25) is 14.4 Å². The van der Waals surface area contributed by atoms with Gasteiger partial charge >= 0.3 is 0 Å². The van der Waals surface area contributed by atoms with Gasteiger partial charge in [-0.25, -0.2) is 9.37 Å². The van der Waals surface area contributed by atoms with Crippen LogP contribution in [0, 0.1) is 5.82 Å².